The Bertz CT molecular complexity index is 577. The van der Waals surface area contributed by atoms with Crippen LogP contribution >= 0.6 is 47.0 Å². The molecule has 0 aromatic heterocycles. The summed E-state index contributed by atoms with van der Waals surface area (Å²) in [5, 5.41) is 5.88. The highest BCUT2D eigenvalue weighted by Crippen LogP contribution is 2.35. The van der Waals surface area contributed by atoms with Crippen molar-refractivity contribution in [3.05, 3.63) is 0 Å². The van der Waals surface area contributed by atoms with Crippen molar-refractivity contribution in [3.8, 4) is 0 Å². The van der Waals surface area contributed by atoms with Crippen LogP contribution in [0.1, 0.15) is 187 Å². The molecule has 1 heterocycles. The summed E-state index contributed by atoms with van der Waals surface area (Å²) in [5.41, 5.74) is 0. The highest BCUT2D eigenvalue weighted by molar-refractivity contribution is 8.16. The molecule has 1 rings (SSSR count). The predicted molar refractivity (Wildman–Crippen MR) is 223 cm³/mol. The van der Waals surface area contributed by atoms with Gasteiger partial charge in [-0.1, -0.05) is 129 Å². The van der Waals surface area contributed by atoms with Crippen LogP contribution in [-0.4, -0.2) is 65.3 Å². The molecule has 0 radical (unpaired) electrons. The second-order valence-corrected chi connectivity index (χ2v) is 19.2. The molecule has 1 N–H and O–H groups in total. The van der Waals surface area contributed by atoms with Gasteiger partial charge in [0.2, 0.25) is 0 Å². The smallest absolute Gasteiger partial charge is 0.168 e. The van der Waals surface area contributed by atoms with Crippen LogP contribution in [0.5, 0.6) is 0 Å². The number of unbranched alkanes of at least 4 members (excludes halogenated alkanes) is 20. The van der Waals surface area contributed by atoms with Crippen LogP contribution in [-0.2, 0) is 9.47 Å². The van der Waals surface area contributed by atoms with Crippen LogP contribution in [0.4, 0.5) is 0 Å². The number of rotatable bonds is 39. The number of hydrogen-bond acceptors (Lipinski definition) is 7. The van der Waals surface area contributed by atoms with Gasteiger partial charge in [0, 0.05) is 23.0 Å². The van der Waals surface area contributed by atoms with E-state index in [-0.39, 0.29) is 11.9 Å². The topological polar surface area (TPSA) is 30.5 Å². The first-order valence-corrected chi connectivity index (χ1v) is 25.2. The van der Waals surface area contributed by atoms with Crippen molar-refractivity contribution in [1.29, 1.82) is 0 Å². The molecule has 0 spiro atoms. The molecular formula is C40H81NO2S4. The van der Waals surface area contributed by atoms with E-state index in [2.05, 4.69) is 66.2 Å². The molecule has 1 fully saturated rings. The second kappa shape index (κ2) is 37.1. The van der Waals surface area contributed by atoms with Crippen molar-refractivity contribution >= 4 is 47.0 Å². The number of thioether (sulfide) groups is 4. The quantitative estimate of drug-likeness (QED) is 0.0497. The maximum Gasteiger partial charge on any atom is 0.168 e. The van der Waals surface area contributed by atoms with Gasteiger partial charge in [-0.2, -0.15) is 47.0 Å². The van der Waals surface area contributed by atoms with Crippen LogP contribution in [0.15, 0.2) is 0 Å². The lowest BCUT2D eigenvalue weighted by Gasteiger charge is -2.28. The summed E-state index contributed by atoms with van der Waals surface area (Å²) in [5.74, 6) is 5.12. The molecule has 0 aromatic rings. The Morgan fingerprint density at radius 2 is 0.872 bits per heavy atom. The summed E-state index contributed by atoms with van der Waals surface area (Å²) < 4.78 is 13.1. The number of nitrogens with one attached hydrogen (secondary N) is 1. The molecule has 1 unspecified atom stereocenters. The van der Waals surface area contributed by atoms with Gasteiger partial charge in [-0.05, 0) is 81.5 Å². The van der Waals surface area contributed by atoms with E-state index >= 15 is 0 Å². The third kappa shape index (κ3) is 30.6. The molecule has 0 aliphatic carbocycles. The molecule has 0 aromatic carbocycles. The predicted octanol–water partition coefficient (Wildman–Crippen LogP) is 13.7. The molecule has 0 amide bonds. The fraction of sp³-hybridized carbons (Fsp3) is 1.00. The molecule has 0 bridgehead atoms. The van der Waals surface area contributed by atoms with E-state index in [0.717, 1.165) is 32.4 Å². The van der Waals surface area contributed by atoms with E-state index in [0.29, 0.717) is 0 Å². The first kappa shape index (κ1) is 46.3. The van der Waals surface area contributed by atoms with Gasteiger partial charge in [0.25, 0.3) is 0 Å². The van der Waals surface area contributed by atoms with Crippen molar-refractivity contribution in [3.63, 3.8) is 0 Å². The Morgan fingerprint density at radius 1 is 0.511 bits per heavy atom. The third-order valence-corrected chi connectivity index (χ3v) is 14.4. The van der Waals surface area contributed by atoms with E-state index in [1.54, 1.807) is 0 Å². The average molecular weight is 736 g/mol. The molecule has 3 nitrogen and oxygen atoms in total. The monoisotopic (exact) mass is 736 g/mol. The summed E-state index contributed by atoms with van der Waals surface area (Å²) in [6, 6.07) is 0. The minimum atomic E-state index is -0.300. The van der Waals surface area contributed by atoms with E-state index in [9.17, 15) is 0 Å². The molecule has 1 saturated heterocycles. The summed E-state index contributed by atoms with van der Waals surface area (Å²) in [6.07, 6.45) is 36.8. The van der Waals surface area contributed by atoms with E-state index in [4.69, 9.17) is 9.47 Å². The summed E-state index contributed by atoms with van der Waals surface area (Å²) in [6.45, 7) is 6.39. The third-order valence-electron chi connectivity index (χ3n) is 9.44. The first-order valence-electron chi connectivity index (χ1n) is 20.5. The normalized spacial score (nSPS) is 16.0. The van der Waals surface area contributed by atoms with Crippen molar-refractivity contribution < 1.29 is 9.47 Å². The van der Waals surface area contributed by atoms with Crippen molar-refractivity contribution in [2.24, 2.45) is 0 Å². The fourth-order valence-corrected chi connectivity index (χ4v) is 10.8. The Kier molecular flexibility index (Phi) is 36.5. The van der Waals surface area contributed by atoms with Gasteiger partial charge in [0.15, 0.2) is 5.79 Å². The van der Waals surface area contributed by atoms with Gasteiger partial charge in [-0.15, -0.1) is 0 Å². The summed E-state index contributed by atoms with van der Waals surface area (Å²) >= 11 is 8.64. The summed E-state index contributed by atoms with van der Waals surface area (Å²) in [4.78, 5) is 0. The van der Waals surface area contributed by atoms with Gasteiger partial charge in [0.1, 0.15) is 0 Å². The van der Waals surface area contributed by atoms with Gasteiger partial charge in [-0.3, -0.25) is 0 Å². The van der Waals surface area contributed by atoms with Crippen LogP contribution < -0.4 is 5.32 Å². The average Bonchev–Trinajstić information content (AvgIpc) is 3.49. The summed E-state index contributed by atoms with van der Waals surface area (Å²) in [7, 11) is 2.03. The van der Waals surface area contributed by atoms with Crippen LogP contribution in [0.25, 0.3) is 0 Å². The SMILES string of the molecule is CCCCCCCCSCSCCCCCCCCC1(CCCCCCCCSCSCCCCCCCC)OCC(CCNC)O1. The first-order chi connectivity index (χ1) is 23.3. The number of hydrogen-bond donors (Lipinski definition) is 1. The van der Waals surface area contributed by atoms with Crippen LogP contribution in [0.3, 0.4) is 0 Å². The van der Waals surface area contributed by atoms with Gasteiger partial charge in [0.05, 0.1) is 12.7 Å². The molecule has 0 saturated carbocycles. The van der Waals surface area contributed by atoms with Crippen molar-refractivity contribution in [2.75, 3.05) is 53.4 Å². The van der Waals surface area contributed by atoms with Crippen LogP contribution in [0, 0.1) is 0 Å². The van der Waals surface area contributed by atoms with Crippen LogP contribution in [0.2, 0.25) is 0 Å². The Balaban J connectivity index is 2.01. The second-order valence-electron chi connectivity index (χ2n) is 14.0. The van der Waals surface area contributed by atoms with Crippen molar-refractivity contribution in [2.45, 2.75) is 199 Å². The van der Waals surface area contributed by atoms with E-state index in [1.807, 2.05) is 7.05 Å². The highest BCUT2D eigenvalue weighted by Gasteiger charge is 2.40. The number of ether oxygens (including phenoxy) is 2. The maximum atomic E-state index is 6.64. The zero-order chi connectivity index (χ0) is 33.8. The molecule has 282 valence electrons. The fourth-order valence-electron chi connectivity index (χ4n) is 6.38. The molecule has 7 heteroatoms. The maximum absolute atomic E-state index is 6.64. The highest BCUT2D eigenvalue weighted by atomic mass is 32.2. The Labute approximate surface area is 312 Å². The minimum absolute atomic E-state index is 0.269. The molecule has 1 aliphatic heterocycles. The zero-order valence-corrected chi connectivity index (χ0v) is 35.0. The lowest BCUT2D eigenvalue weighted by atomic mass is 9.99. The standard InChI is InChI=1S/C40H81NO2S4/c1-4-6-8-10-18-24-32-44-37-46-34-26-20-14-12-16-22-29-40(42-36-39(43-40)28-31-41-3)30-23-17-13-15-21-27-35-47-38-45-33-25-19-11-9-7-5-2/h39,41H,4-38H2,1-3H3. The molecule has 47 heavy (non-hydrogen) atoms. The molecule has 1 aliphatic rings. The largest absolute Gasteiger partial charge is 0.347 e. The van der Waals surface area contributed by atoms with Gasteiger partial charge >= 0.3 is 0 Å². The Hall–Kier alpha value is 1.28. The van der Waals surface area contributed by atoms with Gasteiger partial charge in [-0.25, -0.2) is 0 Å². The molecular weight excluding hydrogens is 655 g/mol. The minimum Gasteiger partial charge on any atom is -0.347 e. The lowest BCUT2D eigenvalue weighted by Crippen LogP contribution is -2.31. The zero-order valence-electron chi connectivity index (χ0n) is 31.8. The van der Waals surface area contributed by atoms with Crippen molar-refractivity contribution in [1.82, 2.24) is 5.32 Å². The lowest BCUT2D eigenvalue weighted by molar-refractivity contribution is -0.179. The van der Waals surface area contributed by atoms with E-state index in [1.165, 1.54) is 187 Å². The van der Waals surface area contributed by atoms with Gasteiger partial charge < -0.3 is 14.8 Å². The molecule has 1 atom stereocenters. The van der Waals surface area contributed by atoms with E-state index < -0.39 is 0 Å². The Morgan fingerprint density at radius 3 is 1.26 bits per heavy atom.